The maximum absolute atomic E-state index is 12.8. The molecule has 1 unspecified atom stereocenters. The van der Waals surface area contributed by atoms with Crippen LogP contribution in [-0.4, -0.2) is 36.9 Å². The van der Waals surface area contributed by atoms with E-state index in [9.17, 15) is 9.50 Å². The molecule has 0 aromatic heterocycles. The van der Waals surface area contributed by atoms with Crippen LogP contribution in [0.4, 0.5) is 4.39 Å². The van der Waals surface area contributed by atoms with Gasteiger partial charge < -0.3 is 20.5 Å². The minimum Gasteiger partial charge on any atom is -0.491 e. The third-order valence-corrected chi connectivity index (χ3v) is 3.61. The molecule has 0 saturated carbocycles. The number of hydrogen-bond donors (Lipinski definition) is 3. The number of benzene rings is 2. The molecule has 140 valence electrons. The third-order valence-electron chi connectivity index (χ3n) is 3.61. The first kappa shape index (κ1) is 19.7. The van der Waals surface area contributed by atoms with E-state index in [1.807, 2.05) is 32.0 Å². The van der Waals surface area contributed by atoms with Gasteiger partial charge in [0.1, 0.15) is 24.3 Å². The second-order valence-electron chi connectivity index (χ2n) is 5.98. The lowest BCUT2D eigenvalue weighted by molar-refractivity contribution is 0.110. The first-order valence-corrected chi connectivity index (χ1v) is 8.71. The second kappa shape index (κ2) is 10.4. The fourth-order valence-electron chi connectivity index (χ4n) is 2.32. The van der Waals surface area contributed by atoms with Gasteiger partial charge in [0.25, 0.3) is 0 Å². The molecule has 0 radical (unpaired) electrons. The van der Waals surface area contributed by atoms with E-state index in [-0.39, 0.29) is 12.4 Å². The van der Waals surface area contributed by atoms with Gasteiger partial charge in [-0.05, 0) is 43.7 Å². The predicted octanol–water partition coefficient (Wildman–Crippen LogP) is 2.63. The van der Waals surface area contributed by atoms with E-state index in [1.54, 1.807) is 0 Å². The molecular formula is C20H26FN3O2. The zero-order valence-electron chi connectivity index (χ0n) is 15.2. The van der Waals surface area contributed by atoms with Crippen LogP contribution in [0.2, 0.25) is 0 Å². The van der Waals surface area contributed by atoms with Gasteiger partial charge >= 0.3 is 0 Å². The third kappa shape index (κ3) is 7.11. The van der Waals surface area contributed by atoms with Crippen LogP contribution in [0, 0.1) is 12.7 Å². The number of aliphatic hydroxyl groups excluding tert-OH is 1. The fourth-order valence-corrected chi connectivity index (χ4v) is 2.32. The Balaban J connectivity index is 1.80. The van der Waals surface area contributed by atoms with E-state index < -0.39 is 6.10 Å². The van der Waals surface area contributed by atoms with Crippen LogP contribution in [0.3, 0.4) is 0 Å². The smallest absolute Gasteiger partial charge is 0.191 e. The number of ether oxygens (including phenoxy) is 1. The van der Waals surface area contributed by atoms with Crippen molar-refractivity contribution in [3.8, 4) is 5.75 Å². The molecule has 26 heavy (non-hydrogen) atoms. The monoisotopic (exact) mass is 359 g/mol. The molecular weight excluding hydrogens is 333 g/mol. The number of nitrogens with one attached hydrogen (secondary N) is 2. The lowest BCUT2D eigenvalue weighted by atomic mass is 10.1. The normalized spacial score (nSPS) is 12.5. The highest BCUT2D eigenvalue weighted by Gasteiger charge is 2.07. The molecule has 0 heterocycles. The molecule has 0 bridgehead atoms. The zero-order chi connectivity index (χ0) is 18.8. The molecule has 0 fully saturated rings. The molecule has 0 spiro atoms. The lowest BCUT2D eigenvalue weighted by Crippen LogP contribution is -2.42. The molecule has 0 aliphatic carbocycles. The fraction of sp³-hybridized carbons (Fsp3) is 0.350. The molecule has 0 saturated heterocycles. The molecule has 0 aliphatic heterocycles. The van der Waals surface area contributed by atoms with Gasteiger partial charge in [0.15, 0.2) is 5.96 Å². The maximum Gasteiger partial charge on any atom is 0.191 e. The molecule has 0 aliphatic rings. The standard InChI is InChI=1S/C20H26FN3O2/c1-3-22-20(23-12-16-6-4-5-15(2)11-16)24-13-18(25)14-26-19-9-7-17(21)8-10-19/h4-11,18,25H,3,12-14H2,1-2H3,(H2,22,23,24). The number of aliphatic hydroxyl groups is 1. The van der Waals surface area contributed by atoms with Gasteiger partial charge in [-0.1, -0.05) is 29.8 Å². The van der Waals surface area contributed by atoms with E-state index in [0.717, 1.165) is 12.1 Å². The SMILES string of the molecule is CCNC(=NCc1cccc(C)c1)NCC(O)COc1ccc(F)cc1. The Morgan fingerprint density at radius 1 is 1.19 bits per heavy atom. The highest BCUT2D eigenvalue weighted by molar-refractivity contribution is 5.79. The summed E-state index contributed by atoms with van der Waals surface area (Å²) < 4.78 is 18.3. The summed E-state index contributed by atoms with van der Waals surface area (Å²) in [7, 11) is 0. The van der Waals surface area contributed by atoms with Gasteiger partial charge in [0, 0.05) is 13.1 Å². The Hall–Kier alpha value is -2.60. The number of guanidine groups is 1. The Morgan fingerprint density at radius 2 is 1.96 bits per heavy atom. The first-order chi connectivity index (χ1) is 12.6. The summed E-state index contributed by atoms with van der Waals surface area (Å²) in [4.78, 5) is 4.53. The van der Waals surface area contributed by atoms with E-state index in [2.05, 4.69) is 21.7 Å². The van der Waals surface area contributed by atoms with Gasteiger partial charge in [0.05, 0.1) is 6.54 Å². The largest absolute Gasteiger partial charge is 0.491 e. The van der Waals surface area contributed by atoms with Crippen molar-refractivity contribution in [2.45, 2.75) is 26.5 Å². The maximum atomic E-state index is 12.8. The second-order valence-corrected chi connectivity index (χ2v) is 5.98. The predicted molar refractivity (Wildman–Crippen MR) is 102 cm³/mol. The minimum absolute atomic E-state index is 0.107. The van der Waals surface area contributed by atoms with Crippen LogP contribution < -0.4 is 15.4 Å². The van der Waals surface area contributed by atoms with Crippen molar-refractivity contribution in [1.82, 2.24) is 10.6 Å². The van der Waals surface area contributed by atoms with Crippen molar-refractivity contribution in [1.29, 1.82) is 0 Å². The summed E-state index contributed by atoms with van der Waals surface area (Å²) in [6.45, 7) is 5.71. The first-order valence-electron chi connectivity index (χ1n) is 8.71. The van der Waals surface area contributed by atoms with Crippen molar-refractivity contribution in [3.05, 3.63) is 65.5 Å². The van der Waals surface area contributed by atoms with Gasteiger partial charge in [-0.2, -0.15) is 0 Å². The molecule has 1 atom stereocenters. The highest BCUT2D eigenvalue weighted by atomic mass is 19.1. The molecule has 5 nitrogen and oxygen atoms in total. The number of hydrogen-bond acceptors (Lipinski definition) is 3. The van der Waals surface area contributed by atoms with E-state index >= 15 is 0 Å². The molecule has 0 amide bonds. The van der Waals surface area contributed by atoms with Gasteiger partial charge in [0.2, 0.25) is 0 Å². The van der Waals surface area contributed by atoms with Crippen LogP contribution >= 0.6 is 0 Å². The summed E-state index contributed by atoms with van der Waals surface area (Å²) >= 11 is 0. The highest BCUT2D eigenvalue weighted by Crippen LogP contribution is 2.11. The Kier molecular flexibility index (Phi) is 7.89. The van der Waals surface area contributed by atoms with Crippen LogP contribution in [-0.2, 0) is 6.54 Å². The van der Waals surface area contributed by atoms with Crippen LogP contribution in [0.1, 0.15) is 18.1 Å². The molecule has 2 rings (SSSR count). The van der Waals surface area contributed by atoms with Gasteiger partial charge in [-0.25, -0.2) is 9.38 Å². The molecule has 2 aromatic carbocycles. The summed E-state index contributed by atoms with van der Waals surface area (Å²) in [5.74, 6) is 0.833. The van der Waals surface area contributed by atoms with Crippen LogP contribution in [0.15, 0.2) is 53.5 Å². The van der Waals surface area contributed by atoms with E-state index in [4.69, 9.17) is 4.74 Å². The Bertz CT molecular complexity index is 704. The van der Waals surface area contributed by atoms with Crippen molar-refractivity contribution in [2.24, 2.45) is 4.99 Å². The number of nitrogens with zero attached hydrogens (tertiary/aromatic N) is 1. The summed E-state index contributed by atoms with van der Waals surface area (Å²) in [6, 6.07) is 13.9. The number of aliphatic imine (C=N–C) groups is 1. The van der Waals surface area contributed by atoms with Gasteiger partial charge in [-0.3, -0.25) is 0 Å². The number of rotatable bonds is 8. The van der Waals surface area contributed by atoms with Gasteiger partial charge in [-0.15, -0.1) is 0 Å². The van der Waals surface area contributed by atoms with Crippen LogP contribution in [0.5, 0.6) is 5.75 Å². The lowest BCUT2D eigenvalue weighted by Gasteiger charge is -2.16. The Labute approximate surface area is 153 Å². The Morgan fingerprint density at radius 3 is 2.65 bits per heavy atom. The average molecular weight is 359 g/mol. The molecule has 2 aromatic rings. The van der Waals surface area contributed by atoms with E-state index in [1.165, 1.54) is 29.8 Å². The summed E-state index contributed by atoms with van der Waals surface area (Å²) in [6.07, 6.45) is -0.720. The molecule has 6 heteroatoms. The van der Waals surface area contributed by atoms with Crippen molar-refractivity contribution in [3.63, 3.8) is 0 Å². The topological polar surface area (TPSA) is 65.9 Å². The quantitative estimate of drug-likeness (QED) is 0.501. The summed E-state index contributed by atoms with van der Waals surface area (Å²) in [5.41, 5.74) is 2.33. The number of aryl methyl sites for hydroxylation is 1. The number of halogens is 1. The van der Waals surface area contributed by atoms with E-state index in [0.29, 0.717) is 24.8 Å². The van der Waals surface area contributed by atoms with Crippen molar-refractivity contribution in [2.75, 3.05) is 19.7 Å². The zero-order valence-corrected chi connectivity index (χ0v) is 15.2. The van der Waals surface area contributed by atoms with Crippen molar-refractivity contribution < 1.29 is 14.2 Å². The van der Waals surface area contributed by atoms with Crippen LogP contribution in [0.25, 0.3) is 0 Å². The minimum atomic E-state index is -0.720. The summed E-state index contributed by atoms with van der Waals surface area (Å²) in [5, 5.41) is 16.3. The molecule has 3 N–H and O–H groups in total. The average Bonchev–Trinajstić information content (AvgIpc) is 2.63. The van der Waals surface area contributed by atoms with Crippen molar-refractivity contribution >= 4 is 5.96 Å².